The van der Waals surface area contributed by atoms with Crippen LogP contribution in [0, 0.1) is 12.7 Å². The van der Waals surface area contributed by atoms with Gasteiger partial charge < -0.3 is 20.1 Å². The van der Waals surface area contributed by atoms with Crippen LogP contribution in [0.4, 0.5) is 15.9 Å². The number of carbonyl (C=O) groups is 2. The molecule has 0 spiro atoms. The molecule has 1 amide bonds. The zero-order chi connectivity index (χ0) is 30.8. The third kappa shape index (κ3) is 5.70. The van der Waals surface area contributed by atoms with Crippen LogP contribution in [-0.2, 0) is 9.59 Å². The third-order valence-electron chi connectivity index (χ3n) is 7.14. The summed E-state index contributed by atoms with van der Waals surface area (Å²) >= 11 is 0. The Balaban J connectivity index is 1.23. The number of ketones is 1. The normalized spacial score (nSPS) is 15.1. The Bertz CT molecular complexity index is 1970. The van der Waals surface area contributed by atoms with Crippen molar-refractivity contribution in [3.05, 3.63) is 84.7 Å². The van der Waals surface area contributed by atoms with E-state index >= 15 is 4.39 Å². The second-order valence-electron chi connectivity index (χ2n) is 10.0. The van der Waals surface area contributed by atoms with Crippen LogP contribution in [0.15, 0.2) is 67.5 Å². The zero-order valence-electron chi connectivity index (χ0n) is 23.7. The van der Waals surface area contributed by atoms with Crippen molar-refractivity contribution in [1.82, 2.24) is 39.4 Å². The van der Waals surface area contributed by atoms with E-state index in [0.29, 0.717) is 58.4 Å². The molecule has 0 fully saturated rings. The number of fused-ring (bicyclic) bond motifs is 2. The van der Waals surface area contributed by atoms with Gasteiger partial charge in [0.2, 0.25) is 5.91 Å². The number of rotatable bonds is 8. The van der Waals surface area contributed by atoms with E-state index in [-0.39, 0.29) is 17.6 Å². The summed E-state index contributed by atoms with van der Waals surface area (Å²) in [6.45, 7) is 3.20. The van der Waals surface area contributed by atoms with Crippen molar-refractivity contribution in [3.8, 4) is 11.5 Å². The Morgan fingerprint density at radius 3 is 2.84 bits per heavy atom. The molecule has 1 aliphatic rings. The molecule has 1 atom stereocenters. The Morgan fingerprint density at radius 2 is 2.02 bits per heavy atom. The van der Waals surface area contributed by atoms with Crippen molar-refractivity contribution in [3.63, 3.8) is 0 Å². The molecule has 5 heterocycles. The summed E-state index contributed by atoms with van der Waals surface area (Å²) in [6, 6.07) is 6.35. The van der Waals surface area contributed by atoms with Gasteiger partial charge in [-0.1, -0.05) is 6.08 Å². The summed E-state index contributed by atoms with van der Waals surface area (Å²) in [5, 5.41) is 16.0. The van der Waals surface area contributed by atoms with Crippen LogP contribution in [0.5, 0.6) is 11.5 Å². The lowest BCUT2D eigenvalue weighted by atomic mass is 10.0. The van der Waals surface area contributed by atoms with Gasteiger partial charge >= 0.3 is 0 Å². The van der Waals surface area contributed by atoms with Crippen molar-refractivity contribution in [1.29, 1.82) is 0 Å². The van der Waals surface area contributed by atoms with Gasteiger partial charge in [-0.2, -0.15) is 5.10 Å². The minimum atomic E-state index is -0.655. The van der Waals surface area contributed by atoms with Crippen LogP contribution in [-0.4, -0.2) is 75.4 Å². The molecular weight excluding hydrogens is 569 g/mol. The highest BCUT2D eigenvalue weighted by Crippen LogP contribution is 2.33. The maximum Gasteiger partial charge on any atom is 0.247 e. The predicted molar refractivity (Wildman–Crippen MR) is 158 cm³/mol. The number of nitrogens with zero attached hydrogens (tertiary/aromatic N) is 8. The van der Waals surface area contributed by atoms with Gasteiger partial charge in [-0.25, -0.2) is 33.8 Å². The molecule has 222 valence electrons. The first-order chi connectivity index (χ1) is 21.3. The molecule has 0 saturated heterocycles. The van der Waals surface area contributed by atoms with Gasteiger partial charge in [-0.05, 0) is 50.1 Å². The molecule has 2 N–H and O–H groups in total. The Labute approximate surface area is 249 Å². The van der Waals surface area contributed by atoms with Crippen LogP contribution in [0.1, 0.15) is 24.7 Å². The maximum absolute atomic E-state index is 15.6. The standard InChI is InChI=1S/C30H26FN9O4/c1-17-11-19(7-9-39(17)26(43)6-3-20(42)14-41)29-32-13-23-28(38-29)30(35-15-33-23)37-22-4-5-24(18(2)27(22)31)44-21-8-10-40-25(12-21)34-16-36-40/h3-6,8,10-13,15-17,41H,7,9,14H2,1-2H3,(H,33,35,37)/b6-3+/t17-/m0/s1. The molecule has 4 aromatic heterocycles. The van der Waals surface area contributed by atoms with E-state index in [1.165, 1.54) is 12.7 Å². The number of hydrogen-bond acceptors (Lipinski definition) is 11. The fourth-order valence-electron chi connectivity index (χ4n) is 4.81. The van der Waals surface area contributed by atoms with Gasteiger partial charge in [-0.3, -0.25) is 9.59 Å². The first kappa shape index (κ1) is 28.5. The molecule has 0 aliphatic carbocycles. The first-order valence-corrected chi connectivity index (χ1v) is 13.7. The topological polar surface area (TPSA) is 161 Å². The van der Waals surface area contributed by atoms with Crippen LogP contribution in [0.2, 0.25) is 0 Å². The minimum Gasteiger partial charge on any atom is -0.457 e. The number of anilines is 2. The summed E-state index contributed by atoms with van der Waals surface area (Å²) in [5.74, 6) is 0.168. The van der Waals surface area contributed by atoms with Crippen LogP contribution < -0.4 is 10.1 Å². The molecule has 0 unspecified atom stereocenters. The molecule has 1 aromatic carbocycles. The van der Waals surface area contributed by atoms with Crippen molar-refractivity contribution >= 4 is 45.4 Å². The van der Waals surface area contributed by atoms with Crippen molar-refractivity contribution in [2.75, 3.05) is 18.5 Å². The number of ether oxygens (including phenoxy) is 1. The van der Waals surface area contributed by atoms with Crippen molar-refractivity contribution in [2.45, 2.75) is 26.3 Å². The lowest BCUT2D eigenvalue weighted by molar-refractivity contribution is -0.127. The Hall–Kier alpha value is -5.63. The van der Waals surface area contributed by atoms with Gasteiger partial charge in [0.05, 0.1) is 11.9 Å². The van der Waals surface area contributed by atoms with E-state index in [4.69, 9.17) is 14.8 Å². The average molecular weight is 596 g/mol. The van der Waals surface area contributed by atoms with E-state index in [1.807, 2.05) is 13.0 Å². The predicted octanol–water partition coefficient (Wildman–Crippen LogP) is 3.57. The highest BCUT2D eigenvalue weighted by atomic mass is 19.1. The van der Waals surface area contributed by atoms with Gasteiger partial charge in [0.1, 0.15) is 41.8 Å². The van der Waals surface area contributed by atoms with E-state index in [2.05, 4.69) is 30.4 Å². The average Bonchev–Trinajstić information content (AvgIpc) is 3.51. The largest absolute Gasteiger partial charge is 0.457 e. The summed E-state index contributed by atoms with van der Waals surface area (Å²) in [5.41, 5.74) is 2.75. The van der Waals surface area contributed by atoms with Gasteiger partial charge in [0.15, 0.2) is 28.9 Å². The van der Waals surface area contributed by atoms with Gasteiger partial charge in [0, 0.05) is 36.5 Å². The van der Waals surface area contributed by atoms with E-state index < -0.39 is 18.2 Å². The third-order valence-corrected chi connectivity index (χ3v) is 7.14. The quantitative estimate of drug-likeness (QED) is 0.252. The summed E-state index contributed by atoms with van der Waals surface area (Å²) < 4.78 is 23.1. The van der Waals surface area contributed by atoms with Crippen LogP contribution in [0.3, 0.4) is 0 Å². The number of aliphatic hydroxyl groups excluding tert-OH is 1. The number of carbonyl (C=O) groups excluding carboxylic acids is 2. The summed E-state index contributed by atoms with van der Waals surface area (Å²) in [6.07, 6.45) is 10.6. The van der Waals surface area contributed by atoms with E-state index in [1.54, 1.807) is 53.0 Å². The molecule has 1 aliphatic heterocycles. The smallest absolute Gasteiger partial charge is 0.247 e. The maximum atomic E-state index is 15.6. The number of benzene rings is 1. The fraction of sp³-hybridized carbons (Fsp3) is 0.200. The number of halogens is 1. The molecular formula is C30H26FN9O4. The lowest BCUT2D eigenvalue weighted by Crippen LogP contribution is -2.40. The fourth-order valence-corrected chi connectivity index (χ4v) is 4.81. The minimum absolute atomic E-state index is 0.176. The molecule has 0 saturated carbocycles. The molecule has 0 bridgehead atoms. The lowest BCUT2D eigenvalue weighted by Gasteiger charge is -2.31. The molecule has 5 aromatic rings. The number of aromatic nitrogens is 7. The number of nitrogens with one attached hydrogen (secondary N) is 1. The number of hydrogen-bond donors (Lipinski definition) is 2. The first-order valence-electron chi connectivity index (χ1n) is 13.7. The number of pyridine rings is 1. The molecule has 14 heteroatoms. The van der Waals surface area contributed by atoms with Gasteiger partial charge in [-0.15, -0.1) is 0 Å². The zero-order valence-corrected chi connectivity index (χ0v) is 23.7. The SMILES string of the molecule is Cc1c(Oc2ccn3ncnc3c2)ccc(Nc2ncnc3cnc(C4=C[C@H](C)N(C(=O)/C=C/C(=O)CO)CC4)nc23)c1F. The second-order valence-corrected chi connectivity index (χ2v) is 10.0. The van der Waals surface area contributed by atoms with Crippen LogP contribution in [0.25, 0.3) is 22.3 Å². The highest BCUT2D eigenvalue weighted by molar-refractivity contribution is 5.98. The highest BCUT2D eigenvalue weighted by Gasteiger charge is 2.24. The molecule has 6 rings (SSSR count). The van der Waals surface area contributed by atoms with Crippen molar-refractivity contribution < 1.29 is 23.8 Å². The second kappa shape index (κ2) is 11.9. The van der Waals surface area contributed by atoms with Gasteiger partial charge in [0.25, 0.3) is 0 Å². The molecule has 44 heavy (non-hydrogen) atoms. The Morgan fingerprint density at radius 1 is 1.16 bits per heavy atom. The number of amides is 1. The monoisotopic (exact) mass is 595 g/mol. The summed E-state index contributed by atoms with van der Waals surface area (Å²) in [7, 11) is 0. The van der Waals surface area contributed by atoms with E-state index in [9.17, 15) is 9.59 Å². The number of aliphatic hydroxyl groups is 1. The summed E-state index contributed by atoms with van der Waals surface area (Å²) in [4.78, 5) is 47.3. The Kier molecular flexibility index (Phi) is 7.72. The van der Waals surface area contributed by atoms with E-state index in [0.717, 1.165) is 17.7 Å². The van der Waals surface area contributed by atoms with Crippen LogP contribution >= 0.6 is 0 Å². The van der Waals surface area contributed by atoms with Crippen molar-refractivity contribution in [2.24, 2.45) is 0 Å². The molecule has 13 nitrogen and oxygen atoms in total. The molecule has 0 radical (unpaired) electrons.